The fourth-order valence-electron chi connectivity index (χ4n) is 1.67. The Hall–Kier alpha value is -0.433. The smallest absolute Gasteiger partial charge is 0.469 e. The molecule has 0 fully saturated rings. The van der Waals surface area contributed by atoms with Crippen molar-refractivity contribution in [2.24, 2.45) is 0 Å². The summed E-state index contributed by atoms with van der Waals surface area (Å²) in [6.45, 7) is 2.06. The molecule has 96 valence electrons. The summed E-state index contributed by atoms with van der Waals surface area (Å²) in [7, 11) is 2.92. The first kappa shape index (κ1) is 15.6. The average Bonchev–Trinajstić information content (AvgIpc) is 2.34. The van der Waals surface area contributed by atoms with E-state index in [1.165, 1.54) is 28.4 Å². The summed E-state index contributed by atoms with van der Waals surface area (Å²) < 4.78 is 20.7. The Morgan fingerprint density at radius 2 is 1.62 bits per heavy atom. The van der Waals surface area contributed by atoms with Crippen LogP contribution in [0.5, 0.6) is 0 Å². The molecule has 0 spiro atoms. The van der Waals surface area contributed by atoms with Gasteiger partial charge in [0.25, 0.3) is 0 Å². The van der Waals surface area contributed by atoms with Gasteiger partial charge in [-0.3, -0.25) is 4.79 Å². The molecule has 0 aliphatic rings. The molecule has 0 radical (unpaired) electrons. The van der Waals surface area contributed by atoms with Gasteiger partial charge in [-0.15, -0.1) is 0 Å². The number of methoxy groups -OCH3 is 1. The normalized spacial score (nSPS) is 13.6. The largest absolute Gasteiger partial charge is 0.514 e. The van der Waals surface area contributed by atoms with Gasteiger partial charge in [0.2, 0.25) is 0 Å². The van der Waals surface area contributed by atoms with Crippen LogP contribution in [0.4, 0.5) is 0 Å². The predicted octanol–water partition coefficient (Wildman–Crippen LogP) is 1.60. The highest BCUT2D eigenvalue weighted by molar-refractivity contribution is 6.66. The van der Waals surface area contributed by atoms with Crippen LogP contribution in [-0.4, -0.2) is 43.2 Å². The number of carbonyl (C=O) groups excluding carboxylic acids is 1. The lowest BCUT2D eigenvalue weighted by atomic mass is 10.2. The van der Waals surface area contributed by atoms with Gasteiger partial charge in [0.15, 0.2) is 0 Å². The van der Waals surface area contributed by atoms with Gasteiger partial charge in [-0.2, -0.15) is 0 Å². The van der Waals surface area contributed by atoms with E-state index in [4.69, 9.17) is 18.0 Å². The molecule has 0 rings (SSSR count). The van der Waals surface area contributed by atoms with Crippen molar-refractivity contribution in [3.8, 4) is 0 Å². The number of carbonyl (C=O) groups is 1. The molecule has 0 amide bonds. The third kappa shape index (κ3) is 3.55. The molecule has 6 heteroatoms. The highest BCUT2D eigenvalue weighted by Crippen LogP contribution is 2.30. The van der Waals surface area contributed by atoms with Crippen LogP contribution in [-0.2, 0) is 22.8 Å². The number of unbranched alkanes of at least 4 members (excludes halogenated alkanes) is 1. The highest BCUT2D eigenvalue weighted by Gasteiger charge is 2.51. The van der Waals surface area contributed by atoms with Gasteiger partial charge in [-0.1, -0.05) is 19.8 Å². The first-order valence-electron chi connectivity index (χ1n) is 5.35. The maximum atomic E-state index is 11.7. The van der Waals surface area contributed by atoms with Gasteiger partial charge in [0, 0.05) is 21.3 Å². The van der Waals surface area contributed by atoms with E-state index < -0.39 is 14.3 Å². The van der Waals surface area contributed by atoms with Crippen LogP contribution in [0, 0.1) is 0 Å². The van der Waals surface area contributed by atoms with E-state index in [0.717, 1.165) is 12.8 Å². The van der Waals surface area contributed by atoms with E-state index in [9.17, 15) is 4.79 Å². The second-order valence-corrected chi connectivity index (χ2v) is 6.56. The van der Waals surface area contributed by atoms with Gasteiger partial charge in [0.1, 0.15) is 5.54 Å². The third-order valence-electron chi connectivity index (χ3n) is 2.61. The van der Waals surface area contributed by atoms with E-state index in [1.807, 2.05) is 0 Å². The van der Waals surface area contributed by atoms with Gasteiger partial charge in [-0.05, 0) is 6.42 Å². The van der Waals surface area contributed by atoms with Gasteiger partial charge in [0.05, 0.1) is 7.11 Å². The monoisotopic (exact) mass is 250 g/mol. The topological polar surface area (TPSA) is 54.0 Å². The zero-order chi connectivity index (χ0) is 12.6. The molecule has 1 unspecified atom stereocenters. The Labute approximate surface area is 98.4 Å². The number of ether oxygens (including phenoxy) is 1. The minimum Gasteiger partial charge on any atom is -0.469 e. The van der Waals surface area contributed by atoms with Crippen LogP contribution < -0.4 is 0 Å². The minimum atomic E-state index is -2.94. The molecular formula is C10H22O5Si. The third-order valence-corrected chi connectivity index (χ3v) is 5.70. The number of hydrogen-bond donors (Lipinski definition) is 0. The number of hydrogen-bond acceptors (Lipinski definition) is 5. The number of rotatable bonds is 8. The van der Waals surface area contributed by atoms with Crippen LogP contribution in [0.2, 0.25) is 5.54 Å². The van der Waals surface area contributed by atoms with Gasteiger partial charge < -0.3 is 18.0 Å². The van der Waals surface area contributed by atoms with Crippen molar-refractivity contribution in [2.75, 3.05) is 28.4 Å². The molecule has 5 nitrogen and oxygen atoms in total. The minimum absolute atomic E-state index is 0.328. The van der Waals surface area contributed by atoms with E-state index >= 15 is 0 Å². The SMILES string of the molecule is CCCCC(C(=O)OC)[Si](OC)(OC)OC. The second kappa shape index (κ2) is 7.78. The highest BCUT2D eigenvalue weighted by atomic mass is 28.4. The zero-order valence-corrected chi connectivity index (χ0v) is 11.7. The van der Waals surface area contributed by atoms with Crippen molar-refractivity contribution in [2.45, 2.75) is 31.7 Å². The molecule has 0 saturated heterocycles. The standard InChI is InChI=1S/C10H22O5Si/c1-6-7-8-9(10(11)12-2)16(13-3,14-4)15-5/h9H,6-8H2,1-5H3. The fraction of sp³-hybridized carbons (Fsp3) is 0.900. The Kier molecular flexibility index (Phi) is 7.57. The van der Waals surface area contributed by atoms with E-state index in [-0.39, 0.29) is 5.97 Å². The van der Waals surface area contributed by atoms with Crippen LogP contribution in [0.3, 0.4) is 0 Å². The van der Waals surface area contributed by atoms with E-state index in [1.54, 1.807) is 0 Å². The average molecular weight is 250 g/mol. The summed E-state index contributed by atoms with van der Waals surface area (Å²) >= 11 is 0. The van der Waals surface area contributed by atoms with Crippen LogP contribution in [0.25, 0.3) is 0 Å². The Morgan fingerprint density at radius 1 is 1.12 bits per heavy atom. The van der Waals surface area contributed by atoms with Crippen molar-refractivity contribution >= 4 is 14.8 Å². The Bertz CT molecular complexity index is 197. The van der Waals surface area contributed by atoms with Crippen molar-refractivity contribution in [1.29, 1.82) is 0 Å². The molecule has 0 N–H and O–H groups in total. The molecular weight excluding hydrogens is 228 g/mol. The Balaban J connectivity index is 4.87. The molecule has 0 bridgehead atoms. The molecule has 1 atom stereocenters. The summed E-state index contributed by atoms with van der Waals surface area (Å²) in [5.74, 6) is -0.328. The first-order chi connectivity index (χ1) is 7.61. The molecule has 0 aromatic heterocycles. The summed E-state index contributed by atoms with van der Waals surface area (Å²) in [6, 6.07) is 0. The summed E-state index contributed by atoms with van der Waals surface area (Å²) in [5, 5.41) is 0. The lowest BCUT2D eigenvalue weighted by Gasteiger charge is -2.30. The summed E-state index contributed by atoms with van der Waals surface area (Å²) in [4.78, 5) is 11.7. The van der Waals surface area contributed by atoms with Crippen LogP contribution >= 0.6 is 0 Å². The van der Waals surface area contributed by atoms with Crippen molar-refractivity contribution in [3.63, 3.8) is 0 Å². The van der Waals surface area contributed by atoms with Crippen molar-refractivity contribution in [3.05, 3.63) is 0 Å². The lowest BCUT2D eigenvalue weighted by Crippen LogP contribution is -2.50. The molecule has 0 saturated carbocycles. The van der Waals surface area contributed by atoms with Crippen LogP contribution in [0.1, 0.15) is 26.2 Å². The van der Waals surface area contributed by atoms with Crippen LogP contribution in [0.15, 0.2) is 0 Å². The van der Waals surface area contributed by atoms with Gasteiger partial charge in [-0.25, -0.2) is 0 Å². The van der Waals surface area contributed by atoms with Crippen molar-refractivity contribution in [1.82, 2.24) is 0 Å². The molecule has 0 aromatic carbocycles. The first-order valence-corrected chi connectivity index (χ1v) is 7.15. The summed E-state index contributed by atoms with van der Waals surface area (Å²) in [6.07, 6.45) is 2.56. The van der Waals surface area contributed by atoms with E-state index in [0.29, 0.717) is 6.42 Å². The quantitative estimate of drug-likeness (QED) is 0.484. The maximum absolute atomic E-state index is 11.7. The van der Waals surface area contributed by atoms with Crippen molar-refractivity contribution < 1.29 is 22.8 Å². The molecule has 0 aromatic rings. The van der Waals surface area contributed by atoms with Gasteiger partial charge >= 0.3 is 14.8 Å². The second-order valence-electron chi connectivity index (χ2n) is 3.43. The lowest BCUT2D eigenvalue weighted by molar-refractivity contribution is -0.142. The van der Waals surface area contributed by atoms with E-state index in [2.05, 4.69) is 6.92 Å². The molecule has 0 heterocycles. The molecule has 16 heavy (non-hydrogen) atoms. The predicted molar refractivity (Wildman–Crippen MR) is 62.1 cm³/mol. The maximum Gasteiger partial charge on any atom is 0.514 e. The molecule has 0 aliphatic heterocycles. The zero-order valence-electron chi connectivity index (χ0n) is 10.7. The molecule has 0 aliphatic carbocycles. The fourth-order valence-corrected chi connectivity index (χ4v) is 3.98. The summed E-state index contributed by atoms with van der Waals surface area (Å²) in [5.41, 5.74) is -0.447. The Morgan fingerprint density at radius 3 is 1.94 bits per heavy atom. The number of esters is 1.